The Morgan fingerprint density at radius 2 is 1.73 bits per heavy atom. The van der Waals surface area contributed by atoms with Crippen LogP contribution in [0.2, 0.25) is 0 Å². The Morgan fingerprint density at radius 3 is 2.20 bits per heavy atom. The molecule has 0 aliphatic heterocycles. The van der Waals surface area contributed by atoms with Crippen LogP contribution in [0.4, 0.5) is 0 Å². The van der Waals surface area contributed by atoms with Crippen molar-refractivity contribution < 1.29 is 4.74 Å². The van der Waals surface area contributed by atoms with Crippen LogP contribution in [0.1, 0.15) is 39.5 Å². The van der Waals surface area contributed by atoms with Crippen LogP contribution < -0.4 is 5.32 Å². The van der Waals surface area contributed by atoms with Gasteiger partial charge >= 0.3 is 0 Å². The first-order chi connectivity index (χ1) is 7.27. The molecule has 0 heterocycles. The molecule has 15 heavy (non-hydrogen) atoms. The van der Waals surface area contributed by atoms with Gasteiger partial charge in [0.1, 0.15) is 0 Å². The number of nitrogens with one attached hydrogen (secondary N) is 1. The Labute approximate surface area is 93.8 Å². The SMILES string of the molecule is CC(C)OCCNCC(C1CC1)C1CC1. The molecule has 0 aromatic heterocycles. The van der Waals surface area contributed by atoms with Crippen LogP contribution in [0.25, 0.3) is 0 Å². The molecule has 0 aromatic rings. The van der Waals surface area contributed by atoms with Gasteiger partial charge in [0.15, 0.2) is 0 Å². The normalized spacial score (nSPS) is 21.6. The van der Waals surface area contributed by atoms with Crippen LogP contribution in [0.15, 0.2) is 0 Å². The van der Waals surface area contributed by atoms with E-state index in [1.807, 2.05) is 0 Å². The first-order valence-electron chi connectivity index (χ1n) is 6.59. The monoisotopic (exact) mass is 211 g/mol. The third-order valence-electron chi connectivity index (χ3n) is 3.57. The van der Waals surface area contributed by atoms with Gasteiger partial charge in [-0.2, -0.15) is 0 Å². The Bertz CT molecular complexity index is 173. The molecule has 0 bridgehead atoms. The lowest BCUT2D eigenvalue weighted by Crippen LogP contribution is -2.29. The molecule has 2 aliphatic rings. The molecule has 1 N–H and O–H groups in total. The fraction of sp³-hybridized carbons (Fsp3) is 1.00. The molecule has 2 heteroatoms. The highest BCUT2D eigenvalue weighted by molar-refractivity contribution is 4.92. The van der Waals surface area contributed by atoms with Gasteiger partial charge in [0.05, 0.1) is 12.7 Å². The lowest BCUT2D eigenvalue weighted by atomic mass is 9.98. The van der Waals surface area contributed by atoms with Crippen LogP contribution in [0.5, 0.6) is 0 Å². The van der Waals surface area contributed by atoms with Crippen molar-refractivity contribution in [2.75, 3.05) is 19.7 Å². The van der Waals surface area contributed by atoms with E-state index in [-0.39, 0.29) is 0 Å². The van der Waals surface area contributed by atoms with E-state index in [1.165, 1.54) is 32.2 Å². The number of ether oxygens (including phenoxy) is 1. The predicted octanol–water partition coefficient (Wildman–Crippen LogP) is 2.44. The first kappa shape index (κ1) is 11.4. The second-order valence-electron chi connectivity index (χ2n) is 5.46. The van der Waals surface area contributed by atoms with E-state index in [2.05, 4.69) is 19.2 Å². The van der Waals surface area contributed by atoms with Gasteiger partial charge in [-0.3, -0.25) is 0 Å². The van der Waals surface area contributed by atoms with Crippen LogP contribution in [-0.2, 0) is 4.74 Å². The zero-order valence-electron chi connectivity index (χ0n) is 10.2. The van der Waals surface area contributed by atoms with Crippen LogP contribution in [0.3, 0.4) is 0 Å². The maximum absolute atomic E-state index is 5.51. The predicted molar refractivity (Wildman–Crippen MR) is 62.9 cm³/mol. The second kappa shape index (κ2) is 5.31. The van der Waals surface area contributed by atoms with Gasteiger partial charge in [-0.05, 0) is 63.8 Å². The van der Waals surface area contributed by atoms with E-state index < -0.39 is 0 Å². The average Bonchev–Trinajstić information content (AvgIpc) is 3.00. The summed E-state index contributed by atoms with van der Waals surface area (Å²) in [5.41, 5.74) is 0. The van der Waals surface area contributed by atoms with E-state index in [4.69, 9.17) is 4.74 Å². The van der Waals surface area contributed by atoms with Crippen LogP contribution in [0, 0.1) is 17.8 Å². The van der Waals surface area contributed by atoms with Crippen molar-refractivity contribution >= 4 is 0 Å². The van der Waals surface area contributed by atoms with Gasteiger partial charge in [0.2, 0.25) is 0 Å². The largest absolute Gasteiger partial charge is 0.377 e. The Balaban J connectivity index is 1.51. The molecule has 2 fully saturated rings. The summed E-state index contributed by atoms with van der Waals surface area (Å²) < 4.78 is 5.51. The maximum Gasteiger partial charge on any atom is 0.0594 e. The van der Waals surface area contributed by atoms with Gasteiger partial charge in [0, 0.05) is 6.54 Å². The van der Waals surface area contributed by atoms with Crippen molar-refractivity contribution in [2.45, 2.75) is 45.6 Å². The molecular weight excluding hydrogens is 186 g/mol. The van der Waals surface area contributed by atoms with Gasteiger partial charge < -0.3 is 10.1 Å². The molecule has 0 saturated heterocycles. The van der Waals surface area contributed by atoms with Crippen molar-refractivity contribution in [1.82, 2.24) is 5.32 Å². The zero-order valence-corrected chi connectivity index (χ0v) is 10.2. The topological polar surface area (TPSA) is 21.3 Å². The van der Waals surface area contributed by atoms with Crippen molar-refractivity contribution in [1.29, 1.82) is 0 Å². The highest BCUT2D eigenvalue weighted by Gasteiger charge is 2.40. The van der Waals surface area contributed by atoms with Crippen molar-refractivity contribution in [3.8, 4) is 0 Å². The minimum atomic E-state index is 0.370. The molecule has 2 rings (SSSR count). The smallest absolute Gasteiger partial charge is 0.0594 e. The lowest BCUT2D eigenvalue weighted by Gasteiger charge is -2.16. The van der Waals surface area contributed by atoms with E-state index in [0.717, 1.165) is 30.9 Å². The van der Waals surface area contributed by atoms with E-state index in [9.17, 15) is 0 Å². The summed E-state index contributed by atoms with van der Waals surface area (Å²) in [6.45, 7) is 7.30. The van der Waals surface area contributed by atoms with E-state index in [0.29, 0.717) is 6.10 Å². The molecular formula is C13H25NO. The highest BCUT2D eigenvalue weighted by Crippen LogP contribution is 2.48. The summed E-state index contributed by atoms with van der Waals surface area (Å²) in [5.74, 6) is 3.12. The minimum absolute atomic E-state index is 0.370. The van der Waals surface area contributed by atoms with Crippen molar-refractivity contribution in [3.05, 3.63) is 0 Å². The van der Waals surface area contributed by atoms with Crippen LogP contribution in [-0.4, -0.2) is 25.8 Å². The Hall–Kier alpha value is -0.0800. The maximum atomic E-state index is 5.51. The number of rotatable bonds is 8. The molecule has 2 saturated carbocycles. The molecule has 0 radical (unpaired) electrons. The summed E-state index contributed by atoms with van der Waals surface area (Å²) in [6.07, 6.45) is 6.34. The third-order valence-corrected chi connectivity index (χ3v) is 3.57. The summed E-state index contributed by atoms with van der Waals surface area (Å²) in [7, 11) is 0. The molecule has 0 unspecified atom stereocenters. The number of hydrogen-bond acceptors (Lipinski definition) is 2. The molecule has 2 nitrogen and oxygen atoms in total. The van der Waals surface area contributed by atoms with Gasteiger partial charge in [-0.15, -0.1) is 0 Å². The van der Waals surface area contributed by atoms with Crippen LogP contribution >= 0.6 is 0 Å². The second-order valence-corrected chi connectivity index (χ2v) is 5.46. The summed E-state index contributed by atoms with van der Waals surface area (Å²) in [6, 6.07) is 0. The van der Waals surface area contributed by atoms with Crippen molar-refractivity contribution in [2.24, 2.45) is 17.8 Å². The molecule has 0 spiro atoms. The zero-order chi connectivity index (χ0) is 10.7. The molecule has 0 aromatic carbocycles. The molecule has 0 amide bonds. The lowest BCUT2D eigenvalue weighted by molar-refractivity contribution is 0.0800. The minimum Gasteiger partial charge on any atom is -0.377 e. The van der Waals surface area contributed by atoms with Crippen molar-refractivity contribution in [3.63, 3.8) is 0 Å². The third kappa shape index (κ3) is 4.12. The fourth-order valence-corrected chi connectivity index (χ4v) is 2.40. The van der Waals surface area contributed by atoms with Gasteiger partial charge in [-0.25, -0.2) is 0 Å². The van der Waals surface area contributed by atoms with Gasteiger partial charge in [-0.1, -0.05) is 0 Å². The molecule has 2 aliphatic carbocycles. The quantitative estimate of drug-likeness (QED) is 0.623. The number of hydrogen-bond donors (Lipinski definition) is 1. The first-order valence-corrected chi connectivity index (χ1v) is 6.59. The summed E-state index contributed by atoms with van der Waals surface area (Å²) in [4.78, 5) is 0. The van der Waals surface area contributed by atoms with E-state index >= 15 is 0 Å². The molecule has 88 valence electrons. The van der Waals surface area contributed by atoms with Gasteiger partial charge in [0.25, 0.3) is 0 Å². The summed E-state index contributed by atoms with van der Waals surface area (Å²) in [5, 5.41) is 3.56. The highest BCUT2D eigenvalue weighted by atomic mass is 16.5. The average molecular weight is 211 g/mol. The Morgan fingerprint density at radius 1 is 1.13 bits per heavy atom. The standard InChI is InChI=1S/C13H25NO/c1-10(2)15-8-7-14-9-13(11-3-4-11)12-5-6-12/h10-14H,3-9H2,1-2H3. The van der Waals surface area contributed by atoms with E-state index in [1.54, 1.807) is 0 Å². The Kier molecular flexibility index (Phi) is 4.04. The fourth-order valence-electron chi connectivity index (χ4n) is 2.40. The molecule has 0 atom stereocenters. The summed E-state index contributed by atoms with van der Waals surface area (Å²) >= 11 is 0.